The van der Waals surface area contributed by atoms with E-state index in [4.69, 9.17) is 21.1 Å². The minimum atomic E-state index is 0.161. The molecule has 1 atom stereocenters. The fourth-order valence-electron chi connectivity index (χ4n) is 1.36. The molecular formula is C9H13ClN2O2S. The third kappa shape index (κ3) is 3.70. The van der Waals surface area contributed by atoms with Crippen LogP contribution in [0.4, 0.5) is 0 Å². The van der Waals surface area contributed by atoms with Crippen molar-refractivity contribution < 1.29 is 9.47 Å². The Morgan fingerprint density at radius 3 is 3.20 bits per heavy atom. The third-order valence-corrected chi connectivity index (χ3v) is 3.17. The lowest BCUT2D eigenvalue weighted by molar-refractivity contribution is -0.0864. The Morgan fingerprint density at radius 2 is 2.53 bits per heavy atom. The van der Waals surface area contributed by atoms with Gasteiger partial charge in [0.2, 0.25) is 0 Å². The molecule has 0 amide bonds. The van der Waals surface area contributed by atoms with Gasteiger partial charge in [-0.1, -0.05) is 11.6 Å². The van der Waals surface area contributed by atoms with Crippen LogP contribution in [0, 0.1) is 0 Å². The summed E-state index contributed by atoms with van der Waals surface area (Å²) in [5, 5.41) is 4.27. The summed E-state index contributed by atoms with van der Waals surface area (Å²) in [7, 11) is 0. The highest BCUT2D eigenvalue weighted by Gasteiger charge is 2.13. The zero-order valence-electron chi connectivity index (χ0n) is 8.24. The molecule has 1 aromatic heterocycles. The summed E-state index contributed by atoms with van der Waals surface area (Å²) in [5.41, 5.74) is 0. The molecule has 1 N–H and O–H groups in total. The van der Waals surface area contributed by atoms with Gasteiger partial charge in [0.1, 0.15) is 9.34 Å². The van der Waals surface area contributed by atoms with E-state index in [9.17, 15) is 0 Å². The topological polar surface area (TPSA) is 43.4 Å². The normalized spacial score (nSPS) is 21.8. The van der Waals surface area contributed by atoms with Gasteiger partial charge in [0.05, 0.1) is 32.1 Å². The second kappa shape index (κ2) is 5.77. The minimum Gasteiger partial charge on any atom is -0.376 e. The largest absolute Gasteiger partial charge is 0.376 e. The van der Waals surface area contributed by atoms with Crippen molar-refractivity contribution in [3.63, 3.8) is 0 Å². The second-order valence-corrected chi connectivity index (χ2v) is 5.00. The van der Waals surface area contributed by atoms with Crippen LogP contribution in [0.25, 0.3) is 0 Å². The Morgan fingerprint density at radius 1 is 1.60 bits per heavy atom. The lowest BCUT2D eigenvalue weighted by Crippen LogP contribution is -2.37. The van der Waals surface area contributed by atoms with Gasteiger partial charge in [0.15, 0.2) is 0 Å². The summed E-state index contributed by atoms with van der Waals surface area (Å²) < 4.78 is 11.5. The number of hydrogen-bond acceptors (Lipinski definition) is 5. The molecule has 1 unspecified atom stereocenters. The third-order valence-electron chi connectivity index (χ3n) is 2.06. The van der Waals surface area contributed by atoms with Crippen molar-refractivity contribution in [3.05, 3.63) is 15.5 Å². The lowest BCUT2D eigenvalue weighted by atomic mass is 10.3. The van der Waals surface area contributed by atoms with E-state index in [0.717, 1.165) is 22.4 Å². The van der Waals surface area contributed by atoms with Crippen LogP contribution in [0.15, 0.2) is 6.20 Å². The number of aromatic nitrogens is 1. The maximum atomic E-state index is 5.77. The molecule has 2 rings (SSSR count). The maximum absolute atomic E-state index is 5.77. The first-order valence-corrected chi connectivity index (χ1v) is 6.04. The average Bonchev–Trinajstić information content (AvgIpc) is 2.66. The average molecular weight is 249 g/mol. The Bertz CT molecular complexity index is 302. The van der Waals surface area contributed by atoms with E-state index < -0.39 is 0 Å². The van der Waals surface area contributed by atoms with Crippen LogP contribution in [0.5, 0.6) is 0 Å². The molecule has 1 fully saturated rings. The molecule has 0 bridgehead atoms. The number of hydrogen-bond donors (Lipinski definition) is 1. The highest BCUT2D eigenvalue weighted by molar-refractivity contribution is 7.15. The quantitative estimate of drug-likeness (QED) is 0.873. The van der Waals surface area contributed by atoms with Crippen molar-refractivity contribution in [3.8, 4) is 0 Å². The van der Waals surface area contributed by atoms with Gasteiger partial charge in [-0.15, -0.1) is 11.3 Å². The highest BCUT2D eigenvalue weighted by Crippen LogP contribution is 2.17. The summed E-state index contributed by atoms with van der Waals surface area (Å²) in [6, 6.07) is 0. The number of thiazole rings is 1. The van der Waals surface area contributed by atoms with Gasteiger partial charge in [0.25, 0.3) is 0 Å². The van der Waals surface area contributed by atoms with E-state index in [1.54, 1.807) is 6.20 Å². The van der Waals surface area contributed by atoms with E-state index in [1.807, 2.05) is 0 Å². The fourth-order valence-corrected chi connectivity index (χ4v) is 2.29. The van der Waals surface area contributed by atoms with Gasteiger partial charge in [-0.3, -0.25) is 0 Å². The maximum Gasteiger partial charge on any atom is 0.113 e. The molecule has 1 saturated heterocycles. The summed E-state index contributed by atoms with van der Waals surface area (Å²) in [4.78, 5) is 4.15. The Labute approximate surface area is 97.6 Å². The zero-order chi connectivity index (χ0) is 10.5. The molecule has 1 aliphatic rings. The molecule has 2 heterocycles. The Balaban J connectivity index is 1.65. The summed E-state index contributed by atoms with van der Waals surface area (Å²) in [5.74, 6) is 0. The van der Waals surface area contributed by atoms with Crippen molar-refractivity contribution in [2.24, 2.45) is 0 Å². The predicted molar refractivity (Wildman–Crippen MR) is 59.4 cm³/mol. The molecule has 0 radical (unpaired) electrons. The number of nitrogens with zero attached hydrogens (tertiary/aromatic N) is 1. The van der Waals surface area contributed by atoms with Crippen LogP contribution < -0.4 is 5.32 Å². The first-order chi connectivity index (χ1) is 7.34. The second-order valence-electron chi connectivity index (χ2n) is 3.26. The molecule has 0 aliphatic carbocycles. The van der Waals surface area contributed by atoms with Gasteiger partial charge < -0.3 is 14.8 Å². The van der Waals surface area contributed by atoms with E-state index >= 15 is 0 Å². The van der Waals surface area contributed by atoms with E-state index in [-0.39, 0.29) is 6.10 Å². The van der Waals surface area contributed by atoms with E-state index in [2.05, 4.69) is 10.3 Å². The summed E-state index contributed by atoms with van der Waals surface area (Å²) >= 11 is 7.27. The number of ether oxygens (including phenoxy) is 2. The first-order valence-electron chi connectivity index (χ1n) is 4.85. The van der Waals surface area contributed by atoms with Crippen LogP contribution in [-0.4, -0.2) is 37.5 Å². The predicted octanol–water partition coefficient (Wildman–Crippen LogP) is 1.30. The number of nitrogens with one attached hydrogen (secondary N) is 1. The monoisotopic (exact) mass is 248 g/mol. The van der Waals surface area contributed by atoms with Crippen molar-refractivity contribution in [1.29, 1.82) is 0 Å². The standard InChI is InChI=1S/C9H13ClN2O2S/c10-8-4-12-9(15-8)5-11-3-7-6-13-1-2-14-7/h4,7,11H,1-3,5-6H2. The summed E-state index contributed by atoms with van der Waals surface area (Å²) in [6.45, 7) is 3.59. The minimum absolute atomic E-state index is 0.161. The number of rotatable bonds is 4. The van der Waals surface area contributed by atoms with Crippen LogP contribution in [0.2, 0.25) is 4.34 Å². The van der Waals surface area contributed by atoms with Crippen LogP contribution in [0.1, 0.15) is 5.01 Å². The molecular weight excluding hydrogens is 236 g/mol. The lowest BCUT2D eigenvalue weighted by Gasteiger charge is -2.22. The van der Waals surface area contributed by atoms with Gasteiger partial charge >= 0.3 is 0 Å². The smallest absolute Gasteiger partial charge is 0.113 e. The van der Waals surface area contributed by atoms with Crippen LogP contribution in [0.3, 0.4) is 0 Å². The molecule has 15 heavy (non-hydrogen) atoms. The molecule has 4 nitrogen and oxygen atoms in total. The zero-order valence-corrected chi connectivity index (χ0v) is 9.81. The van der Waals surface area contributed by atoms with Gasteiger partial charge in [-0.2, -0.15) is 0 Å². The Hall–Kier alpha value is -0.200. The molecule has 6 heteroatoms. The van der Waals surface area contributed by atoms with Crippen molar-refractivity contribution in [2.45, 2.75) is 12.6 Å². The van der Waals surface area contributed by atoms with Crippen LogP contribution >= 0.6 is 22.9 Å². The molecule has 0 spiro atoms. The fraction of sp³-hybridized carbons (Fsp3) is 0.667. The van der Waals surface area contributed by atoms with Crippen molar-refractivity contribution >= 4 is 22.9 Å². The molecule has 0 saturated carbocycles. The summed E-state index contributed by atoms with van der Waals surface area (Å²) in [6.07, 6.45) is 1.83. The van der Waals surface area contributed by atoms with Crippen molar-refractivity contribution in [1.82, 2.24) is 10.3 Å². The number of halogens is 1. The van der Waals surface area contributed by atoms with Gasteiger partial charge in [-0.25, -0.2) is 4.98 Å². The van der Waals surface area contributed by atoms with E-state index in [1.165, 1.54) is 11.3 Å². The van der Waals surface area contributed by atoms with Crippen molar-refractivity contribution in [2.75, 3.05) is 26.4 Å². The van der Waals surface area contributed by atoms with Gasteiger partial charge in [0, 0.05) is 13.1 Å². The molecule has 0 aromatic carbocycles. The first kappa shape index (κ1) is 11.3. The Kier molecular flexibility index (Phi) is 4.34. The highest BCUT2D eigenvalue weighted by atomic mass is 35.5. The van der Waals surface area contributed by atoms with Gasteiger partial charge in [-0.05, 0) is 0 Å². The SMILES string of the molecule is Clc1cnc(CNCC2COCCO2)s1. The molecule has 84 valence electrons. The van der Waals surface area contributed by atoms with E-state index in [0.29, 0.717) is 19.8 Å². The molecule has 1 aromatic rings. The molecule has 1 aliphatic heterocycles. The van der Waals surface area contributed by atoms with Crippen LogP contribution in [-0.2, 0) is 16.0 Å².